The van der Waals surface area contributed by atoms with Gasteiger partial charge in [-0.15, -0.1) is 0 Å². The molecule has 1 unspecified atom stereocenters. The van der Waals surface area contributed by atoms with Crippen LogP contribution >= 0.6 is 11.6 Å². The molecular formula is C13H17ClN2O3. The van der Waals surface area contributed by atoms with Gasteiger partial charge in [0.15, 0.2) is 0 Å². The molecule has 0 aliphatic rings. The van der Waals surface area contributed by atoms with Gasteiger partial charge in [-0.1, -0.05) is 18.5 Å². The number of nitrogens with one attached hydrogen (secondary N) is 2. The Morgan fingerprint density at radius 3 is 2.68 bits per heavy atom. The molecule has 104 valence electrons. The molecule has 0 saturated carbocycles. The zero-order chi connectivity index (χ0) is 14.4. The van der Waals surface area contributed by atoms with Gasteiger partial charge in [-0.05, 0) is 31.5 Å². The summed E-state index contributed by atoms with van der Waals surface area (Å²) >= 11 is 5.68. The first-order valence-corrected chi connectivity index (χ1v) is 6.40. The Morgan fingerprint density at radius 1 is 1.42 bits per heavy atom. The van der Waals surface area contributed by atoms with Crippen molar-refractivity contribution in [2.75, 3.05) is 6.54 Å². The van der Waals surface area contributed by atoms with Crippen LogP contribution in [-0.4, -0.2) is 29.5 Å². The van der Waals surface area contributed by atoms with Crippen molar-refractivity contribution in [1.82, 2.24) is 10.6 Å². The summed E-state index contributed by atoms with van der Waals surface area (Å²) in [6.45, 7) is 4.08. The molecule has 0 aromatic heterocycles. The third-order valence-corrected chi connectivity index (χ3v) is 2.73. The van der Waals surface area contributed by atoms with Gasteiger partial charge in [0.05, 0.1) is 5.56 Å². The fraction of sp³-hybridized carbons (Fsp3) is 0.385. The van der Waals surface area contributed by atoms with Gasteiger partial charge >= 0.3 is 0 Å². The van der Waals surface area contributed by atoms with Gasteiger partial charge in [0.25, 0.3) is 5.91 Å². The van der Waals surface area contributed by atoms with Crippen molar-refractivity contribution < 1.29 is 14.7 Å². The number of carbonyl (C=O) groups excluding carboxylic acids is 2. The van der Waals surface area contributed by atoms with Crippen LogP contribution in [0.3, 0.4) is 0 Å². The number of rotatable bonds is 5. The van der Waals surface area contributed by atoms with Crippen molar-refractivity contribution >= 4 is 23.4 Å². The second-order valence-corrected chi connectivity index (χ2v) is 4.58. The molecule has 3 N–H and O–H groups in total. The van der Waals surface area contributed by atoms with Crippen molar-refractivity contribution in [3.8, 4) is 5.75 Å². The Hall–Kier alpha value is -1.75. The smallest absolute Gasteiger partial charge is 0.255 e. The SMILES string of the molecule is CCCNC(=O)C(C)NC(=O)c1ccc(Cl)cc1O. The minimum absolute atomic E-state index is 0.0829. The van der Waals surface area contributed by atoms with Crippen LogP contribution in [0.2, 0.25) is 5.02 Å². The van der Waals surface area contributed by atoms with E-state index < -0.39 is 11.9 Å². The van der Waals surface area contributed by atoms with Crippen LogP contribution in [0.5, 0.6) is 5.75 Å². The van der Waals surface area contributed by atoms with Crippen molar-refractivity contribution in [2.45, 2.75) is 26.3 Å². The quantitative estimate of drug-likeness (QED) is 0.770. The summed E-state index contributed by atoms with van der Waals surface area (Å²) in [7, 11) is 0. The molecule has 0 saturated heterocycles. The Labute approximate surface area is 117 Å². The molecule has 2 amide bonds. The van der Waals surface area contributed by atoms with Crippen LogP contribution < -0.4 is 10.6 Å². The van der Waals surface area contributed by atoms with E-state index in [0.29, 0.717) is 11.6 Å². The molecule has 19 heavy (non-hydrogen) atoms. The average molecular weight is 285 g/mol. The van der Waals surface area contributed by atoms with E-state index in [9.17, 15) is 14.7 Å². The molecule has 0 radical (unpaired) electrons. The number of carbonyl (C=O) groups is 2. The molecule has 6 heteroatoms. The van der Waals surface area contributed by atoms with E-state index in [1.807, 2.05) is 6.92 Å². The molecule has 0 aliphatic heterocycles. The number of hydrogen-bond donors (Lipinski definition) is 3. The van der Waals surface area contributed by atoms with Crippen LogP contribution in [0, 0.1) is 0 Å². The zero-order valence-corrected chi connectivity index (χ0v) is 11.6. The summed E-state index contributed by atoms with van der Waals surface area (Å²) in [6.07, 6.45) is 0.824. The standard InChI is InChI=1S/C13H17ClN2O3/c1-3-6-15-12(18)8(2)16-13(19)10-5-4-9(14)7-11(10)17/h4-5,7-8,17H,3,6H2,1-2H3,(H,15,18)(H,16,19). The molecule has 0 fully saturated rings. The number of aromatic hydroxyl groups is 1. The summed E-state index contributed by atoms with van der Waals surface area (Å²) < 4.78 is 0. The van der Waals surface area contributed by atoms with Gasteiger partial charge in [-0.2, -0.15) is 0 Å². The van der Waals surface area contributed by atoms with Gasteiger partial charge in [-0.25, -0.2) is 0 Å². The van der Waals surface area contributed by atoms with Crippen LogP contribution in [0.4, 0.5) is 0 Å². The van der Waals surface area contributed by atoms with Gasteiger partial charge in [0, 0.05) is 11.6 Å². The van der Waals surface area contributed by atoms with Gasteiger partial charge in [0.2, 0.25) is 5.91 Å². The fourth-order valence-electron chi connectivity index (χ4n) is 1.44. The van der Waals surface area contributed by atoms with E-state index in [2.05, 4.69) is 10.6 Å². The van der Waals surface area contributed by atoms with Crippen molar-refractivity contribution in [2.24, 2.45) is 0 Å². The number of phenols is 1. The van der Waals surface area contributed by atoms with E-state index >= 15 is 0 Å². The summed E-state index contributed by atoms with van der Waals surface area (Å²) in [5, 5.41) is 15.1. The summed E-state index contributed by atoms with van der Waals surface area (Å²) in [5.74, 6) is -0.997. The molecular weight excluding hydrogens is 268 g/mol. The Balaban J connectivity index is 2.66. The minimum Gasteiger partial charge on any atom is -0.507 e. The number of phenolic OH excluding ortho intramolecular Hbond substituents is 1. The first-order chi connectivity index (χ1) is 8.95. The maximum Gasteiger partial charge on any atom is 0.255 e. The highest BCUT2D eigenvalue weighted by molar-refractivity contribution is 6.30. The normalized spacial score (nSPS) is 11.7. The highest BCUT2D eigenvalue weighted by Crippen LogP contribution is 2.21. The van der Waals surface area contributed by atoms with Crippen LogP contribution in [0.25, 0.3) is 0 Å². The van der Waals surface area contributed by atoms with Crippen molar-refractivity contribution in [1.29, 1.82) is 0 Å². The molecule has 1 aromatic carbocycles. The van der Waals surface area contributed by atoms with Gasteiger partial charge in [-0.3, -0.25) is 9.59 Å². The highest BCUT2D eigenvalue weighted by atomic mass is 35.5. The van der Waals surface area contributed by atoms with E-state index in [1.54, 1.807) is 6.92 Å². The number of benzene rings is 1. The predicted octanol–water partition coefficient (Wildman–Crippen LogP) is 1.69. The van der Waals surface area contributed by atoms with Crippen molar-refractivity contribution in [3.05, 3.63) is 28.8 Å². The minimum atomic E-state index is -0.672. The summed E-state index contributed by atoms with van der Waals surface area (Å²) in [6, 6.07) is 3.51. The van der Waals surface area contributed by atoms with Gasteiger partial charge < -0.3 is 15.7 Å². The first kappa shape index (κ1) is 15.3. The summed E-state index contributed by atoms with van der Waals surface area (Å²) in [4.78, 5) is 23.5. The van der Waals surface area contributed by atoms with E-state index in [1.165, 1.54) is 18.2 Å². The third kappa shape index (κ3) is 4.44. The third-order valence-electron chi connectivity index (χ3n) is 2.49. The molecule has 1 atom stereocenters. The molecule has 0 heterocycles. The topological polar surface area (TPSA) is 78.4 Å². The fourth-order valence-corrected chi connectivity index (χ4v) is 1.60. The molecule has 1 rings (SSSR count). The van der Waals surface area contributed by atoms with E-state index in [4.69, 9.17) is 11.6 Å². The van der Waals surface area contributed by atoms with E-state index in [0.717, 1.165) is 6.42 Å². The van der Waals surface area contributed by atoms with Crippen LogP contribution in [-0.2, 0) is 4.79 Å². The zero-order valence-electron chi connectivity index (χ0n) is 10.9. The molecule has 5 nitrogen and oxygen atoms in total. The lowest BCUT2D eigenvalue weighted by atomic mass is 10.1. The predicted molar refractivity (Wildman–Crippen MR) is 73.3 cm³/mol. The Bertz CT molecular complexity index is 477. The lowest BCUT2D eigenvalue weighted by Crippen LogP contribution is -2.45. The maximum atomic E-state index is 11.9. The summed E-state index contributed by atoms with van der Waals surface area (Å²) in [5.41, 5.74) is 0.0829. The lowest BCUT2D eigenvalue weighted by molar-refractivity contribution is -0.122. The number of amides is 2. The number of halogens is 1. The van der Waals surface area contributed by atoms with Crippen LogP contribution in [0.15, 0.2) is 18.2 Å². The second-order valence-electron chi connectivity index (χ2n) is 4.15. The Kier molecular flexibility index (Phi) is 5.63. The largest absolute Gasteiger partial charge is 0.507 e. The second kappa shape index (κ2) is 6.99. The monoisotopic (exact) mass is 284 g/mol. The van der Waals surface area contributed by atoms with Crippen molar-refractivity contribution in [3.63, 3.8) is 0 Å². The van der Waals surface area contributed by atoms with E-state index in [-0.39, 0.29) is 17.2 Å². The molecule has 0 bridgehead atoms. The Morgan fingerprint density at radius 2 is 2.11 bits per heavy atom. The molecule has 0 aliphatic carbocycles. The lowest BCUT2D eigenvalue weighted by Gasteiger charge is -2.14. The first-order valence-electron chi connectivity index (χ1n) is 6.02. The number of hydrogen-bond acceptors (Lipinski definition) is 3. The average Bonchev–Trinajstić information content (AvgIpc) is 2.35. The van der Waals surface area contributed by atoms with Crippen LogP contribution in [0.1, 0.15) is 30.6 Å². The maximum absolute atomic E-state index is 11.9. The highest BCUT2D eigenvalue weighted by Gasteiger charge is 2.18. The molecule has 0 spiro atoms. The molecule has 1 aromatic rings. The van der Waals surface area contributed by atoms with Gasteiger partial charge in [0.1, 0.15) is 11.8 Å².